The molecule has 0 radical (unpaired) electrons. The molecule has 0 N–H and O–H groups in total. The summed E-state index contributed by atoms with van der Waals surface area (Å²) in [4.78, 5) is 0. The maximum absolute atomic E-state index is 11.6. The third kappa shape index (κ3) is 4.80. The van der Waals surface area contributed by atoms with E-state index in [9.17, 15) is 4.21 Å². The van der Waals surface area contributed by atoms with Gasteiger partial charge in [-0.05, 0) is 35.4 Å². The Bertz CT molecular complexity index is 664. The lowest BCUT2D eigenvalue weighted by atomic mass is 10.2. The van der Waals surface area contributed by atoms with Crippen molar-refractivity contribution in [3.05, 3.63) is 70.8 Å². The van der Waals surface area contributed by atoms with E-state index in [-0.39, 0.29) is 13.2 Å². The summed E-state index contributed by atoms with van der Waals surface area (Å²) < 4.78 is 21.8. The second kappa shape index (κ2) is 8.06. The van der Waals surface area contributed by atoms with E-state index >= 15 is 0 Å². The predicted octanol–water partition coefficient (Wildman–Crippen LogP) is 2.74. The molecule has 0 spiro atoms. The van der Waals surface area contributed by atoms with Crippen molar-refractivity contribution in [3.63, 3.8) is 0 Å². The minimum atomic E-state index is -1.87. The van der Waals surface area contributed by atoms with Gasteiger partial charge in [-0.1, -0.05) is 24.3 Å². The summed E-state index contributed by atoms with van der Waals surface area (Å²) in [7, 11) is 0. The van der Waals surface area contributed by atoms with Crippen LogP contribution in [0.3, 0.4) is 0 Å². The van der Waals surface area contributed by atoms with Crippen molar-refractivity contribution in [2.24, 2.45) is 0 Å². The highest BCUT2D eigenvalue weighted by atomic mass is 32.2. The molecule has 0 aliphatic heterocycles. The summed E-state index contributed by atoms with van der Waals surface area (Å²) in [5.41, 5.74) is 2.72. The Labute approximate surface area is 131 Å². The van der Waals surface area contributed by atoms with E-state index in [0.29, 0.717) is 11.1 Å². The number of hydrogen-bond donors (Lipinski definition) is 0. The Morgan fingerprint density at radius 2 is 1.14 bits per heavy atom. The van der Waals surface area contributed by atoms with Gasteiger partial charge >= 0.3 is 11.4 Å². The first-order valence-electron chi connectivity index (χ1n) is 6.37. The number of nitrogens with zero attached hydrogens (tertiary/aromatic N) is 2. The molecule has 2 rings (SSSR count). The molecule has 0 atom stereocenters. The number of nitriles is 2. The minimum Gasteiger partial charge on any atom is -0.264 e. The number of rotatable bonds is 6. The van der Waals surface area contributed by atoms with Crippen LogP contribution in [0.5, 0.6) is 0 Å². The summed E-state index contributed by atoms with van der Waals surface area (Å²) in [6.07, 6.45) is 0. The SMILES string of the molecule is N#Cc1ccc(COS(=O)OCc2ccc(C#N)cc2)cc1. The van der Waals surface area contributed by atoms with Crippen molar-refractivity contribution in [1.29, 1.82) is 10.5 Å². The standard InChI is InChI=1S/C16H12N2O3S/c17-9-13-1-5-15(6-2-13)11-20-22(19)21-12-16-7-3-14(10-18)4-8-16/h1-8H,11-12H2. The van der Waals surface area contributed by atoms with Crippen molar-refractivity contribution in [2.45, 2.75) is 13.2 Å². The molecule has 110 valence electrons. The highest BCUT2D eigenvalue weighted by molar-refractivity contribution is 7.75. The summed E-state index contributed by atoms with van der Waals surface area (Å²) in [6, 6.07) is 17.6. The van der Waals surface area contributed by atoms with Gasteiger partial charge in [0.2, 0.25) is 0 Å². The summed E-state index contributed by atoms with van der Waals surface area (Å²) in [5, 5.41) is 17.4. The van der Waals surface area contributed by atoms with E-state index in [0.717, 1.165) is 11.1 Å². The molecule has 5 nitrogen and oxygen atoms in total. The van der Waals surface area contributed by atoms with Crippen LogP contribution >= 0.6 is 0 Å². The first kappa shape index (κ1) is 15.9. The molecule has 6 heteroatoms. The van der Waals surface area contributed by atoms with Gasteiger partial charge in [0.25, 0.3) is 0 Å². The predicted molar refractivity (Wildman–Crippen MR) is 80.0 cm³/mol. The van der Waals surface area contributed by atoms with Gasteiger partial charge in [-0.2, -0.15) is 14.7 Å². The average Bonchev–Trinajstić information content (AvgIpc) is 2.59. The lowest BCUT2D eigenvalue weighted by molar-refractivity contribution is 0.236. The second-order valence-electron chi connectivity index (χ2n) is 4.35. The Balaban J connectivity index is 1.77. The van der Waals surface area contributed by atoms with Crippen molar-refractivity contribution in [1.82, 2.24) is 0 Å². The lowest BCUT2D eigenvalue weighted by Gasteiger charge is -2.05. The van der Waals surface area contributed by atoms with Gasteiger partial charge in [0.1, 0.15) is 0 Å². The average molecular weight is 312 g/mol. The molecule has 0 unspecified atom stereocenters. The largest absolute Gasteiger partial charge is 0.305 e. The molecule has 2 aromatic carbocycles. The van der Waals surface area contributed by atoms with Gasteiger partial charge in [-0.25, -0.2) is 0 Å². The monoisotopic (exact) mass is 312 g/mol. The summed E-state index contributed by atoms with van der Waals surface area (Å²) in [6.45, 7) is 0.261. The van der Waals surface area contributed by atoms with Crippen LogP contribution in [0.4, 0.5) is 0 Å². The quantitative estimate of drug-likeness (QED) is 0.819. The maximum atomic E-state index is 11.6. The van der Waals surface area contributed by atoms with Crippen LogP contribution in [-0.4, -0.2) is 4.21 Å². The van der Waals surface area contributed by atoms with Gasteiger partial charge in [-0.15, -0.1) is 0 Å². The fraction of sp³-hybridized carbons (Fsp3) is 0.125. The van der Waals surface area contributed by atoms with Crippen LogP contribution < -0.4 is 0 Å². The Hall–Kier alpha value is -2.51. The van der Waals surface area contributed by atoms with E-state index in [4.69, 9.17) is 18.9 Å². The summed E-state index contributed by atoms with van der Waals surface area (Å²) >= 11 is -1.87. The zero-order chi connectivity index (χ0) is 15.8. The molecule has 0 bridgehead atoms. The maximum Gasteiger partial charge on any atom is 0.305 e. The molecule has 2 aromatic rings. The van der Waals surface area contributed by atoms with Crippen LogP contribution in [0.2, 0.25) is 0 Å². The number of benzene rings is 2. The molecule has 0 aliphatic carbocycles. The lowest BCUT2D eigenvalue weighted by Crippen LogP contribution is -2.03. The van der Waals surface area contributed by atoms with Crippen LogP contribution in [0.15, 0.2) is 48.5 Å². The molecule has 0 amide bonds. The molecular formula is C16H12N2O3S. The third-order valence-corrected chi connectivity index (χ3v) is 3.43. The van der Waals surface area contributed by atoms with Crippen LogP contribution in [-0.2, 0) is 32.9 Å². The van der Waals surface area contributed by atoms with Gasteiger partial charge in [0, 0.05) is 0 Å². The van der Waals surface area contributed by atoms with Crippen molar-refractivity contribution in [3.8, 4) is 12.1 Å². The summed E-state index contributed by atoms with van der Waals surface area (Å²) in [5.74, 6) is 0. The number of hydrogen-bond acceptors (Lipinski definition) is 5. The van der Waals surface area contributed by atoms with E-state index in [1.165, 1.54) is 0 Å². The van der Waals surface area contributed by atoms with Gasteiger partial charge < -0.3 is 0 Å². The first-order valence-corrected chi connectivity index (χ1v) is 7.37. The Kier molecular flexibility index (Phi) is 5.81. The van der Waals surface area contributed by atoms with Crippen LogP contribution in [0.1, 0.15) is 22.3 Å². The van der Waals surface area contributed by atoms with E-state index < -0.39 is 11.4 Å². The molecule has 0 fully saturated rings. The zero-order valence-electron chi connectivity index (χ0n) is 11.6. The van der Waals surface area contributed by atoms with Crippen molar-refractivity contribution >= 4 is 11.4 Å². The fourth-order valence-corrected chi connectivity index (χ4v) is 2.15. The molecule has 0 aromatic heterocycles. The molecule has 0 heterocycles. The van der Waals surface area contributed by atoms with Crippen LogP contribution in [0.25, 0.3) is 0 Å². The molecule has 0 saturated carbocycles. The fourth-order valence-electron chi connectivity index (χ4n) is 1.62. The Morgan fingerprint density at radius 3 is 1.45 bits per heavy atom. The molecule has 0 aliphatic rings. The van der Waals surface area contributed by atoms with E-state index in [1.807, 2.05) is 12.1 Å². The normalized spacial score (nSPS) is 10.1. The topological polar surface area (TPSA) is 83.1 Å². The van der Waals surface area contributed by atoms with Crippen molar-refractivity contribution in [2.75, 3.05) is 0 Å². The van der Waals surface area contributed by atoms with Crippen LogP contribution in [0, 0.1) is 22.7 Å². The van der Waals surface area contributed by atoms with Gasteiger partial charge in [-0.3, -0.25) is 8.37 Å². The second-order valence-corrected chi connectivity index (χ2v) is 5.23. The van der Waals surface area contributed by atoms with E-state index in [1.54, 1.807) is 48.5 Å². The first-order chi connectivity index (χ1) is 10.7. The molecule has 0 saturated heterocycles. The van der Waals surface area contributed by atoms with Crippen molar-refractivity contribution < 1.29 is 12.6 Å². The third-order valence-electron chi connectivity index (χ3n) is 2.81. The zero-order valence-corrected chi connectivity index (χ0v) is 12.4. The highest BCUT2D eigenvalue weighted by Gasteiger charge is 2.04. The highest BCUT2D eigenvalue weighted by Crippen LogP contribution is 2.09. The minimum absolute atomic E-state index is 0.131. The Morgan fingerprint density at radius 1 is 0.773 bits per heavy atom. The van der Waals surface area contributed by atoms with E-state index in [2.05, 4.69) is 0 Å². The molecule has 22 heavy (non-hydrogen) atoms. The molecular weight excluding hydrogens is 300 g/mol. The van der Waals surface area contributed by atoms with Gasteiger partial charge in [0.05, 0.1) is 36.5 Å². The smallest absolute Gasteiger partial charge is 0.264 e. The van der Waals surface area contributed by atoms with Gasteiger partial charge in [0.15, 0.2) is 0 Å².